The molecule has 2 aromatic carbocycles. The molecular formula is C19H20Cl2N2O2. The molecule has 6 heteroatoms. The van der Waals surface area contributed by atoms with Crippen LogP contribution in [0.25, 0.3) is 0 Å². The Labute approximate surface area is 157 Å². The Kier molecular flexibility index (Phi) is 6.45. The summed E-state index contributed by atoms with van der Waals surface area (Å²) >= 11 is 12.3. The first-order chi connectivity index (χ1) is 11.8. The van der Waals surface area contributed by atoms with Gasteiger partial charge in [-0.15, -0.1) is 0 Å². The van der Waals surface area contributed by atoms with Gasteiger partial charge in [0.1, 0.15) is 0 Å². The minimum Gasteiger partial charge on any atom is -0.326 e. The maximum absolute atomic E-state index is 12.3. The van der Waals surface area contributed by atoms with Gasteiger partial charge < -0.3 is 10.2 Å². The summed E-state index contributed by atoms with van der Waals surface area (Å²) in [4.78, 5) is 25.7. The highest BCUT2D eigenvalue weighted by Crippen LogP contribution is 2.33. The number of rotatable bonds is 5. The summed E-state index contributed by atoms with van der Waals surface area (Å²) in [5, 5.41) is 3.63. The molecule has 0 unspecified atom stereocenters. The fraction of sp³-hybridized carbons (Fsp3) is 0.263. The van der Waals surface area contributed by atoms with Crippen LogP contribution in [0.5, 0.6) is 0 Å². The third-order valence-corrected chi connectivity index (χ3v) is 4.43. The van der Waals surface area contributed by atoms with Crippen LogP contribution in [-0.4, -0.2) is 18.4 Å². The van der Waals surface area contributed by atoms with Crippen molar-refractivity contribution < 1.29 is 9.59 Å². The van der Waals surface area contributed by atoms with Crippen LogP contribution in [0.15, 0.2) is 36.4 Å². The molecule has 0 fully saturated rings. The van der Waals surface area contributed by atoms with Crippen molar-refractivity contribution in [3.8, 4) is 0 Å². The van der Waals surface area contributed by atoms with E-state index in [2.05, 4.69) is 5.32 Å². The van der Waals surface area contributed by atoms with E-state index in [1.54, 1.807) is 18.2 Å². The van der Waals surface area contributed by atoms with Crippen molar-refractivity contribution in [2.75, 3.05) is 16.8 Å². The number of nitrogens with zero attached hydrogens (tertiary/aromatic N) is 1. The zero-order valence-corrected chi connectivity index (χ0v) is 15.9. The topological polar surface area (TPSA) is 49.4 Å². The molecule has 0 spiro atoms. The molecule has 0 aliphatic rings. The maximum atomic E-state index is 12.3. The number of hydrogen-bond acceptors (Lipinski definition) is 2. The second-order valence-corrected chi connectivity index (χ2v) is 6.67. The Morgan fingerprint density at radius 3 is 2.32 bits per heavy atom. The Morgan fingerprint density at radius 2 is 1.72 bits per heavy atom. The molecule has 0 saturated heterocycles. The number of para-hydroxylation sites is 1. The average molecular weight is 379 g/mol. The van der Waals surface area contributed by atoms with E-state index in [0.29, 0.717) is 15.7 Å². The second-order valence-electron chi connectivity index (χ2n) is 5.86. The monoisotopic (exact) mass is 378 g/mol. The highest BCUT2D eigenvalue weighted by molar-refractivity contribution is 6.39. The molecule has 0 atom stereocenters. The average Bonchev–Trinajstić information content (AvgIpc) is 2.53. The molecule has 25 heavy (non-hydrogen) atoms. The first-order valence-electron chi connectivity index (χ1n) is 7.89. The van der Waals surface area contributed by atoms with Crippen LogP contribution in [0.4, 0.5) is 11.4 Å². The zero-order valence-electron chi connectivity index (χ0n) is 14.4. The lowest BCUT2D eigenvalue weighted by Gasteiger charge is -2.23. The Morgan fingerprint density at radius 1 is 1.08 bits per heavy atom. The molecule has 2 amide bonds. The highest BCUT2D eigenvalue weighted by Gasteiger charge is 2.19. The van der Waals surface area contributed by atoms with Gasteiger partial charge >= 0.3 is 0 Å². The van der Waals surface area contributed by atoms with Gasteiger partial charge in [-0.2, -0.15) is 0 Å². The standard InChI is InChI=1S/C19H20Cl2N2O2/c1-12-7-8-13(2)17(11-12)22-18(25)9-10-23(14(3)24)19-15(20)5-4-6-16(19)21/h4-8,11H,9-10H2,1-3H3,(H,22,25). The molecule has 0 aliphatic carbocycles. The summed E-state index contributed by atoms with van der Waals surface area (Å²) in [6, 6.07) is 10.9. The first kappa shape index (κ1) is 19.3. The third-order valence-electron chi connectivity index (χ3n) is 3.82. The van der Waals surface area contributed by atoms with Gasteiger partial charge in [-0.3, -0.25) is 9.59 Å². The quantitative estimate of drug-likeness (QED) is 0.796. The molecule has 2 aromatic rings. The number of anilines is 2. The molecule has 132 valence electrons. The predicted molar refractivity (Wildman–Crippen MR) is 104 cm³/mol. The van der Waals surface area contributed by atoms with Gasteiger partial charge in [0.15, 0.2) is 0 Å². The lowest BCUT2D eigenvalue weighted by atomic mass is 10.1. The van der Waals surface area contributed by atoms with Crippen molar-refractivity contribution in [2.45, 2.75) is 27.2 Å². The van der Waals surface area contributed by atoms with Gasteiger partial charge in [0.05, 0.1) is 15.7 Å². The van der Waals surface area contributed by atoms with E-state index >= 15 is 0 Å². The number of hydrogen-bond donors (Lipinski definition) is 1. The van der Waals surface area contributed by atoms with Crippen LogP contribution in [0, 0.1) is 13.8 Å². The van der Waals surface area contributed by atoms with Gasteiger partial charge in [0.2, 0.25) is 11.8 Å². The van der Waals surface area contributed by atoms with Gasteiger partial charge in [0, 0.05) is 25.6 Å². The highest BCUT2D eigenvalue weighted by atomic mass is 35.5. The van der Waals surface area contributed by atoms with E-state index in [9.17, 15) is 9.59 Å². The normalized spacial score (nSPS) is 10.4. The van der Waals surface area contributed by atoms with Crippen molar-refractivity contribution in [3.05, 3.63) is 57.6 Å². The molecule has 0 radical (unpaired) electrons. The fourth-order valence-corrected chi connectivity index (χ4v) is 3.07. The van der Waals surface area contributed by atoms with Crippen LogP contribution in [0.1, 0.15) is 24.5 Å². The predicted octanol–water partition coefficient (Wildman–Crippen LogP) is 4.99. The molecule has 0 saturated carbocycles. The minimum atomic E-state index is -0.227. The Bertz CT molecular complexity index is 786. The van der Waals surface area contributed by atoms with Gasteiger partial charge in [-0.1, -0.05) is 41.4 Å². The van der Waals surface area contributed by atoms with E-state index in [-0.39, 0.29) is 24.8 Å². The number of nitrogens with one attached hydrogen (secondary N) is 1. The fourth-order valence-electron chi connectivity index (χ4n) is 2.47. The Hall–Kier alpha value is -2.04. The first-order valence-corrected chi connectivity index (χ1v) is 8.64. The lowest BCUT2D eigenvalue weighted by molar-refractivity contribution is -0.117. The van der Waals surface area contributed by atoms with E-state index in [1.165, 1.54) is 11.8 Å². The number of halogens is 2. The lowest BCUT2D eigenvalue weighted by Crippen LogP contribution is -2.32. The Balaban J connectivity index is 2.10. The van der Waals surface area contributed by atoms with Crippen LogP contribution >= 0.6 is 23.2 Å². The van der Waals surface area contributed by atoms with Crippen LogP contribution in [-0.2, 0) is 9.59 Å². The molecule has 0 heterocycles. The van der Waals surface area contributed by atoms with Crippen LogP contribution in [0.2, 0.25) is 10.0 Å². The summed E-state index contributed by atoms with van der Waals surface area (Å²) in [7, 11) is 0. The molecule has 1 N–H and O–H groups in total. The van der Waals surface area contributed by atoms with E-state index in [4.69, 9.17) is 23.2 Å². The molecule has 4 nitrogen and oxygen atoms in total. The summed E-state index contributed by atoms with van der Waals surface area (Å²) in [5.41, 5.74) is 3.25. The molecule has 2 rings (SSSR count). The molecule has 0 aromatic heterocycles. The smallest absolute Gasteiger partial charge is 0.226 e. The van der Waals surface area contributed by atoms with Crippen LogP contribution in [0.3, 0.4) is 0 Å². The summed E-state index contributed by atoms with van der Waals surface area (Å²) < 4.78 is 0. The summed E-state index contributed by atoms with van der Waals surface area (Å²) in [6.45, 7) is 5.50. The van der Waals surface area contributed by atoms with Gasteiger partial charge in [-0.05, 0) is 43.2 Å². The van der Waals surface area contributed by atoms with Crippen molar-refractivity contribution >= 4 is 46.4 Å². The number of benzene rings is 2. The van der Waals surface area contributed by atoms with E-state index in [0.717, 1.165) is 16.8 Å². The van der Waals surface area contributed by atoms with E-state index < -0.39 is 0 Å². The van der Waals surface area contributed by atoms with Crippen LogP contribution < -0.4 is 10.2 Å². The minimum absolute atomic E-state index is 0.133. The zero-order chi connectivity index (χ0) is 18.6. The van der Waals surface area contributed by atoms with Crippen molar-refractivity contribution in [1.82, 2.24) is 0 Å². The van der Waals surface area contributed by atoms with Crippen molar-refractivity contribution in [2.24, 2.45) is 0 Å². The SMILES string of the molecule is CC(=O)N(CCC(=O)Nc1cc(C)ccc1C)c1c(Cl)cccc1Cl. The number of carbonyl (C=O) groups excluding carboxylic acids is 2. The molecule has 0 bridgehead atoms. The number of aryl methyl sites for hydroxylation is 2. The van der Waals surface area contributed by atoms with Gasteiger partial charge in [0.25, 0.3) is 0 Å². The third kappa shape index (κ3) is 4.97. The second kappa shape index (κ2) is 8.37. The van der Waals surface area contributed by atoms with E-state index in [1.807, 2.05) is 32.0 Å². The number of carbonyl (C=O) groups is 2. The summed E-state index contributed by atoms with van der Waals surface area (Å²) in [5.74, 6) is -0.405. The van der Waals surface area contributed by atoms with Crippen molar-refractivity contribution in [1.29, 1.82) is 0 Å². The summed E-state index contributed by atoms with van der Waals surface area (Å²) in [6.07, 6.45) is 0.133. The number of amides is 2. The maximum Gasteiger partial charge on any atom is 0.226 e. The van der Waals surface area contributed by atoms with Gasteiger partial charge in [-0.25, -0.2) is 0 Å². The largest absolute Gasteiger partial charge is 0.326 e. The molecule has 0 aliphatic heterocycles. The van der Waals surface area contributed by atoms with Crippen molar-refractivity contribution in [3.63, 3.8) is 0 Å². The molecular weight excluding hydrogens is 359 g/mol.